The van der Waals surface area contributed by atoms with E-state index in [1.807, 2.05) is 37.1 Å². The van der Waals surface area contributed by atoms with E-state index in [-0.39, 0.29) is 18.5 Å². The minimum absolute atomic E-state index is 0.0259. The Bertz CT molecular complexity index is 879. The predicted octanol–water partition coefficient (Wildman–Crippen LogP) is 5.23. The van der Waals surface area contributed by atoms with Gasteiger partial charge in [0.25, 0.3) is 0 Å². The zero-order valence-corrected chi connectivity index (χ0v) is 16.1. The largest absolute Gasteiger partial charge is 0.324 e. The van der Waals surface area contributed by atoms with Crippen molar-refractivity contribution in [3.05, 3.63) is 57.5 Å². The SMILES string of the molecule is CC(c1nc2ccccc2s1)N(C)CC(=O)Nc1cc(Cl)ccc1Cl. The summed E-state index contributed by atoms with van der Waals surface area (Å²) in [5.41, 5.74) is 1.50. The van der Waals surface area contributed by atoms with Crippen LogP contribution in [0, 0.1) is 0 Å². The van der Waals surface area contributed by atoms with Crippen molar-refractivity contribution in [2.45, 2.75) is 13.0 Å². The van der Waals surface area contributed by atoms with Crippen LogP contribution in [0.1, 0.15) is 18.0 Å². The van der Waals surface area contributed by atoms with Gasteiger partial charge < -0.3 is 5.32 Å². The second kappa shape index (κ2) is 7.70. The van der Waals surface area contributed by atoms with E-state index in [1.165, 1.54) is 0 Å². The van der Waals surface area contributed by atoms with E-state index in [9.17, 15) is 4.79 Å². The lowest BCUT2D eigenvalue weighted by molar-refractivity contribution is -0.117. The number of hydrogen-bond donors (Lipinski definition) is 1. The van der Waals surface area contributed by atoms with Gasteiger partial charge >= 0.3 is 0 Å². The van der Waals surface area contributed by atoms with Crippen LogP contribution in [0.15, 0.2) is 42.5 Å². The Morgan fingerprint density at radius 1 is 1.28 bits per heavy atom. The maximum Gasteiger partial charge on any atom is 0.238 e. The molecular formula is C18H17Cl2N3OS. The normalized spacial score (nSPS) is 12.5. The highest BCUT2D eigenvalue weighted by atomic mass is 35.5. The number of nitrogens with one attached hydrogen (secondary N) is 1. The molecule has 0 aliphatic carbocycles. The zero-order chi connectivity index (χ0) is 18.0. The quantitative estimate of drug-likeness (QED) is 0.644. The molecule has 0 saturated carbocycles. The first-order valence-corrected chi connectivity index (χ1v) is 9.32. The van der Waals surface area contributed by atoms with Crippen molar-refractivity contribution >= 4 is 56.3 Å². The van der Waals surface area contributed by atoms with Crippen molar-refractivity contribution in [2.24, 2.45) is 0 Å². The maximum atomic E-state index is 12.3. The van der Waals surface area contributed by atoms with Gasteiger partial charge in [-0.1, -0.05) is 35.3 Å². The molecule has 1 amide bonds. The molecule has 1 aromatic heterocycles. The number of likely N-dealkylation sites (N-methyl/N-ethyl adjacent to an activating group) is 1. The fourth-order valence-corrected chi connectivity index (χ4v) is 3.83. The Hall–Kier alpha value is -1.66. The van der Waals surface area contributed by atoms with E-state index < -0.39 is 0 Å². The molecule has 0 fully saturated rings. The summed E-state index contributed by atoms with van der Waals surface area (Å²) >= 11 is 13.7. The minimum atomic E-state index is -0.153. The summed E-state index contributed by atoms with van der Waals surface area (Å²) in [6.07, 6.45) is 0. The molecule has 0 saturated heterocycles. The van der Waals surface area contributed by atoms with Crippen LogP contribution < -0.4 is 5.32 Å². The minimum Gasteiger partial charge on any atom is -0.324 e. The molecular weight excluding hydrogens is 377 g/mol. The molecule has 0 aliphatic rings. The van der Waals surface area contributed by atoms with Crippen LogP contribution in [0.5, 0.6) is 0 Å². The van der Waals surface area contributed by atoms with Gasteiger partial charge in [-0.15, -0.1) is 11.3 Å². The van der Waals surface area contributed by atoms with E-state index in [4.69, 9.17) is 23.2 Å². The molecule has 0 radical (unpaired) electrons. The Balaban J connectivity index is 1.67. The highest BCUT2D eigenvalue weighted by Gasteiger charge is 2.19. The van der Waals surface area contributed by atoms with Gasteiger partial charge in [0.05, 0.1) is 33.5 Å². The summed E-state index contributed by atoms with van der Waals surface area (Å²) in [4.78, 5) is 18.9. The van der Waals surface area contributed by atoms with Gasteiger partial charge in [0.1, 0.15) is 5.01 Å². The van der Waals surface area contributed by atoms with Crippen molar-refractivity contribution in [3.8, 4) is 0 Å². The molecule has 0 bridgehead atoms. The number of amides is 1. The Morgan fingerprint density at radius 3 is 2.80 bits per heavy atom. The topological polar surface area (TPSA) is 45.2 Å². The molecule has 7 heteroatoms. The second-order valence-corrected chi connectivity index (χ2v) is 7.69. The number of hydrogen-bond acceptors (Lipinski definition) is 4. The van der Waals surface area contributed by atoms with Crippen LogP contribution in [0.4, 0.5) is 5.69 Å². The second-order valence-electron chi connectivity index (χ2n) is 5.78. The average Bonchev–Trinajstić information content (AvgIpc) is 3.01. The third-order valence-corrected chi connectivity index (χ3v) is 5.70. The van der Waals surface area contributed by atoms with Gasteiger partial charge in [-0.3, -0.25) is 9.69 Å². The van der Waals surface area contributed by atoms with Crippen molar-refractivity contribution in [3.63, 3.8) is 0 Å². The van der Waals surface area contributed by atoms with Crippen molar-refractivity contribution < 1.29 is 4.79 Å². The number of anilines is 1. The third-order valence-electron chi connectivity index (χ3n) is 3.92. The fourth-order valence-electron chi connectivity index (χ4n) is 2.40. The number of thiazole rings is 1. The number of fused-ring (bicyclic) bond motifs is 1. The summed E-state index contributed by atoms with van der Waals surface area (Å²) in [5.74, 6) is -0.153. The molecule has 1 heterocycles. The van der Waals surface area contributed by atoms with Crippen LogP contribution in [-0.4, -0.2) is 29.4 Å². The Kier molecular flexibility index (Phi) is 5.59. The lowest BCUT2D eigenvalue weighted by atomic mass is 10.3. The van der Waals surface area contributed by atoms with Crippen LogP contribution in [0.2, 0.25) is 10.0 Å². The number of carbonyl (C=O) groups is 1. The first-order chi connectivity index (χ1) is 11.9. The number of benzene rings is 2. The molecule has 2 aromatic carbocycles. The average molecular weight is 394 g/mol. The van der Waals surface area contributed by atoms with Gasteiger partial charge in [-0.05, 0) is 44.3 Å². The third kappa shape index (κ3) is 4.30. The highest BCUT2D eigenvalue weighted by molar-refractivity contribution is 7.18. The molecule has 25 heavy (non-hydrogen) atoms. The molecule has 3 rings (SSSR count). The molecule has 3 aromatic rings. The molecule has 1 atom stereocenters. The lowest BCUT2D eigenvalue weighted by Gasteiger charge is -2.22. The number of nitrogens with zero attached hydrogens (tertiary/aromatic N) is 2. The van der Waals surface area contributed by atoms with E-state index in [2.05, 4.69) is 16.4 Å². The van der Waals surface area contributed by atoms with Crippen molar-refractivity contribution in [1.82, 2.24) is 9.88 Å². The summed E-state index contributed by atoms with van der Waals surface area (Å²) < 4.78 is 1.15. The molecule has 1 N–H and O–H groups in total. The molecule has 0 spiro atoms. The Morgan fingerprint density at radius 2 is 2.04 bits per heavy atom. The first-order valence-electron chi connectivity index (χ1n) is 7.74. The van der Waals surface area contributed by atoms with Gasteiger partial charge in [0, 0.05) is 5.02 Å². The summed E-state index contributed by atoms with van der Waals surface area (Å²) in [7, 11) is 1.90. The Labute approximate surface area is 160 Å². The van der Waals surface area contributed by atoms with Crippen molar-refractivity contribution in [1.29, 1.82) is 0 Å². The monoisotopic (exact) mass is 393 g/mol. The van der Waals surface area contributed by atoms with Crippen LogP contribution in [0.3, 0.4) is 0 Å². The van der Waals surface area contributed by atoms with E-state index in [0.717, 1.165) is 15.2 Å². The van der Waals surface area contributed by atoms with Gasteiger partial charge in [-0.2, -0.15) is 0 Å². The van der Waals surface area contributed by atoms with Gasteiger partial charge in [0.2, 0.25) is 5.91 Å². The standard InChI is InChI=1S/C18H17Cl2N3OS/c1-11(18-22-14-5-3-4-6-16(14)25-18)23(2)10-17(24)21-15-9-12(19)7-8-13(15)20/h3-9,11H,10H2,1-2H3,(H,21,24). The first kappa shape index (κ1) is 18.1. The highest BCUT2D eigenvalue weighted by Crippen LogP contribution is 2.29. The van der Waals surface area contributed by atoms with Gasteiger partial charge in [-0.25, -0.2) is 4.98 Å². The van der Waals surface area contributed by atoms with E-state index in [1.54, 1.807) is 29.5 Å². The summed E-state index contributed by atoms with van der Waals surface area (Å²) in [6, 6.07) is 13.0. The molecule has 0 aliphatic heterocycles. The maximum absolute atomic E-state index is 12.3. The predicted molar refractivity (Wildman–Crippen MR) is 106 cm³/mol. The van der Waals surface area contributed by atoms with Crippen LogP contribution in [-0.2, 0) is 4.79 Å². The number of halogens is 2. The summed E-state index contributed by atoms with van der Waals surface area (Å²) in [6.45, 7) is 2.26. The smallest absolute Gasteiger partial charge is 0.238 e. The van der Waals surface area contributed by atoms with Crippen molar-refractivity contribution in [2.75, 3.05) is 18.9 Å². The molecule has 1 unspecified atom stereocenters. The van der Waals surface area contributed by atoms with Crippen LogP contribution in [0.25, 0.3) is 10.2 Å². The molecule has 130 valence electrons. The lowest BCUT2D eigenvalue weighted by Crippen LogP contribution is -2.32. The summed E-state index contributed by atoms with van der Waals surface area (Å²) in [5, 5.41) is 4.77. The van der Waals surface area contributed by atoms with Gasteiger partial charge in [0.15, 0.2) is 0 Å². The number of carbonyl (C=O) groups excluding carboxylic acids is 1. The van der Waals surface area contributed by atoms with E-state index in [0.29, 0.717) is 15.7 Å². The fraction of sp³-hybridized carbons (Fsp3) is 0.222. The van der Waals surface area contributed by atoms with Crippen LogP contribution >= 0.6 is 34.5 Å². The number of rotatable bonds is 5. The molecule has 4 nitrogen and oxygen atoms in total. The van der Waals surface area contributed by atoms with E-state index >= 15 is 0 Å². The zero-order valence-electron chi connectivity index (χ0n) is 13.8. The number of para-hydroxylation sites is 1. The number of aromatic nitrogens is 1.